The van der Waals surface area contributed by atoms with E-state index < -0.39 is 0 Å². The minimum absolute atomic E-state index is 0.266. The van der Waals surface area contributed by atoms with Crippen molar-refractivity contribution in [1.29, 1.82) is 0 Å². The molecule has 0 unspecified atom stereocenters. The SMILES string of the molecule is Cc1cccc(NC(=O)c2cnc(NCCN3CCOCC3)cn2)c1. The number of carbonyl (C=O) groups excluding carboxylic acids is 1. The number of hydrogen-bond acceptors (Lipinski definition) is 6. The number of ether oxygens (including phenoxy) is 1. The second kappa shape index (κ2) is 8.55. The molecule has 3 rings (SSSR count). The largest absolute Gasteiger partial charge is 0.379 e. The maximum atomic E-state index is 12.2. The molecular weight excluding hydrogens is 318 g/mol. The number of aryl methyl sites for hydroxylation is 1. The molecule has 0 spiro atoms. The maximum Gasteiger partial charge on any atom is 0.275 e. The molecule has 1 aromatic heterocycles. The number of benzene rings is 1. The van der Waals surface area contributed by atoms with Gasteiger partial charge in [-0.15, -0.1) is 0 Å². The quantitative estimate of drug-likeness (QED) is 0.834. The Labute approximate surface area is 147 Å². The number of nitrogens with one attached hydrogen (secondary N) is 2. The van der Waals surface area contributed by atoms with Crippen LogP contribution in [0.1, 0.15) is 16.1 Å². The molecule has 0 saturated carbocycles. The van der Waals surface area contributed by atoms with Crippen LogP contribution in [-0.2, 0) is 4.74 Å². The van der Waals surface area contributed by atoms with E-state index in [9.17, 15) is 4.79 Å². The first-order chi connectivity index (χ1) is 12.2. The molecule has 1 aromatic carbocycles. The zero-order valence-corrected chi connectivity index (χ0v) is 14.4. The highest BCUT2D eigenvalue weighted by Gasteiger charge is 2.10. The fourth-order valence-corrected chi connectivity index (χ4v) is 2.62. The van der Waals surface area contributed by atoms with Crippen molar-refractivity contribution in [2.24, 2.45) is 0 Å². The molecule has 2 N–H and O–H groups in total. The number of nitrogens with zero attached hydrogens (tertiary/aromatic N) is 3. The van der Waals surface area contributed by atoms with Gasteiger partial charge in [0.2, 0.25) is 0 Å². The summed E-state index contributed by atoms with van der Waals surface area (Å²) in [5, 5.41) is 6.05. The Kier molecular flexibility index (Phi) is 5.92. The zero-order valence-electron chi connectivity index (χ0n) is 14.4. The zero-order chi connectivity index (χ0) is 17.5. The van der Waals surface area contributed by atoms with Crippen LogP contribution in [0.25, 0.3) is 0 Å². The van der Waals surface area contributed by atoms with E-state index in [4.69, 9.17) is 4.74 Å². The van der Waals surface area contributed by atoms with E-state index in [1.807, 2.05) is 31.2 Å². The molecule has 1 aliphatic heterocycles. The summed E-state index contributed by atoms with van der Waals surface area (Å²) in [6, 6.07) is 7.64. The van der Waals surface area contributed by atoms with Gasteiger partial charge in [0.25, 0.3) is 5.91 Å². The summed E-state index contributed by atoms with van der Waals surface area (Å²) in [5.41, 5.74) is 2.13. The minimum Gasteiger partial charge on any atom is -0.379 e. The van der Waals surface area contributed by atoms with Gasteiger partial charge in [0.05, 0.1) is 25.6 Å². The van der Waals surface area contributed by atoms with Gasteiger partial charge in [0.1, 0.15) is 11.5 Å². The monoisotopic (exact) mass is 341 g/mol. The van der Waals surface area contributed by atoms with Crippen LogP contribution in [-0.4, -0.2) is 60.2 Å². The second-order valence-corrected chi connectivity index (χ2v) is 5.99. The number of morpholine rings is 1. The number of anilines is 2. The van der Waals surface area contributed by atoms with Gasteiger partial charge in [-0.25, -0.2) is 9.97 Å². The maximum absolute atomic E-state index is 12.2. The predicted molar refractivity (Wildman–Crippen MR) is 96.9 cm³/mol. The first kappa shape index (κ1) is 17.3. The lowest BCUT2D eigenvalue weighted by atomic mass is 10.2. The molecule has 0 aliphatic carbocycles. The van der Waals surface area contributed by atoms with Crippen LogP contribution in [0.15, 0.2) is 36.7 Å². The van der Waals surface area contributed by atoms with Gasteiger partial charge in [-0.3, -0.25) is 9.69 Å². The predicted octanol–water partition coefficient (Wildman–Crippen LogP) is 1.78. The number of hydrogen-bond donors (Lipinski definition) is 2. The molecule has 2 aromatic rings. The third kappa shape index (κ3) is 5.23. The van der Waals surface area contributed by atoms with Crippen molar-refractivity contribution in [3.05, 3.63) is 47.9 Å². The molecule has 7 heteroatoms. The Morgan fingerprint density at radius 1 is 1.24 bits per heavy atom. The molecule has 1 aliphatic rings. The lowest BCUT2D eigenvalue weighted by molar-refractivity contribution is 0.0398. The Hall–Kier alpha value is -2.51. The van der Waals surface area contributed by atoms with Crippen LogP contribution in [0.2, 0.25) is 0 Å². The van der Waals surface area contributed by atoms with Crippen LogP contribution < -0.4 is 10.6 Å². The highest BCUT2D eigenvalue weighted by atomic mass is 16.5. The summed E-state index contributed by atoms with van der Waals surface area (Å²) in [4.78, 5) is 23.0. The summed E-state index contributed by atoms with van der Waals surface area (Å²) >= 11 is 0. The van der Waals surface area contributed by atoms with Gasteiger partial charge >= 0.3 is 0 Å². The molecule has 1 amide bonds. The van der Waals surface area contributed by atoms with E-state index in [-0.39, 0.29) is 5.91 Å². The number of rotatable bonds is 6. The first-order valence-electron chi connectivity index (χ1n) is 8.45. The first-order valence-corrected chi connectivity index (χ1v) is 8.45. The van der Waals surface area contributed by atoms with Crippen molar-refractivity contribution in [3.63, 3.8) is 0 Å². The molecule has 1 saturated heterocycles. The third-order valence-corrected chi connectivity index (χ3v) is 4.00. The minimum atomic E-state index is -0.266. The second-order valence-electron chi connectivity index (χ2n) is 5.99. The van der Waals surface area contributed by atoms with Crippen molar-refractivity contribution in [3.8, 4) is 0 Å². The van der Waals surface area contributed by atoms with Gasteiger partial charge < -0.3 is 15.4 Å². The van der Waals surface area contributed by atoms with Crippen molar-refractivity contribution < 1.29 is 9.53 Å². The van der Waals surface area contributed by atoms with E-state index in [1.165, 1.54) is 6.20 Å². The van der Waals surface area contributed by atoms with E-state index in [0.717, 1.165) is 50.6 Å². The Morgan fingerprint density at radius 3 is 2.80 bits per heavy atom. The van der Waals surface area contributed by atoms with Gasteiger partial charge in [0.15, 0.2) is 0 Å². The molecular formula is C18H23N5O2. The van der Waals surface area contributed by atoms with Gasteiger partial charge in [0, 0.05) is 31.9 Å². The number of aromatic nitrogens is 2. The molecule has 2 heterocycles. The highest BCUT2D eigenvalue weighted by molar-refractivity contribution is 6.02. The lowest BCUT2D eigenvalue weighted by Gasteiger charge is -2.26. The van der Waals surface area contributed by atoms with Gasteiger partial charge in [-0.2, -0.15) is 0 Å². The van der Waals surface area contributed by atoms with Crippen LogP contribution in [0.3, 0.4) is 0 Å². The Balaban J connectivity index is 1.48. The van der Waals surface area contributed by atoms with E-state index >= 15 is 0 Å². The molecule has 7 nitrogen and oxygen atoms in total. The topological polar surface area (TPSA) is 79.4 Å². The Morgan fingerprint density at radius 2 is 2.08 bits per heavy atom. The van der Waals surface area contributed by atoms with Crippen LogP contribution in [0, 0.1) is 6.92 Å². The summed E-state index contributed by atoms with van der Waals surface area (Å²) in [6.07, 6.45) is 3.08. The lowest BCUT2D eigenvalue weighted by Crippen LogP contribution is -2.39. The van der Waals surface area contributed by atoms with Crippen LogP contribution in [0.4, 0.5) is 11.5 Å². The van der Waals surface area contributed by atoms with Crippen LogP contribution in [0.5, 0.6) is 0 Å². The van der Waals surface area contributed by atoms with Gasteiger partial charge in [-0.05, 0) is 24.6 Å². The smallest absolute Gasteiger partial charge is 0.275 e. The summed E-state index contributed by atoms with van der Waals surface area (Å²) in [6.45, 7) is 7.21. The molecule has 25 heavy (non-hydrogen) atoms. The number of carbonyl (C=O) groups is 1. The average Bonchev–Trinajstić information content (AvgIpc) is 2.63. The van der Waals surface area contributed by atoms with Crippen molar-refractivity contribution >= 4 is 17.4 Å². The molecule has 132 valence electrons. The fraction of sp³-hybridized carbons (Fsp3) is 0.389. The molecule has 0 radical (unpaired) electrons. The van der Waals surface area contributed by atoms with Crippen molar-refractivity contribution in [1.82, 2.24) is 14.9 Å². The van der Waals surface area contributed by atoms with Crippen molar-refractivity contribution in [2.75, 3.05) is 50.0 Å². The Bertz CT molecular complexity index is 699. The van der Waals surface area contributed by atoms with E-state index in [2.05, 4.69) is 25.5 Å². The molecule has 0 atom stereocenters. The van der Waals surface area contributed by atoms with E-state index in [1.54, 1.807) is 6.20 Å². The standard InChI is InChI=1S/C18H23N5O2/c1-14-3-2-4-15(11-14)22-18(24)16-12-21-17(13-20-16)19-5-6-23-7-9-25-10-8-23/h2-4,11-13H,5-10H2,1H3,(H,19,21)(H,22,24). The normalized spacial score (nSPS) is 14.9. The highest BCUT2D eigenvalue weighted by Crippen LogP contribution is 2.11. The summed E-state index contributed by atoms with van der Waals surface area (Å²) < 4.78 is 5.33. The van der Waals surface area contributed by atoms with Gasteiger partial charge in [-0.1, -0.05) is 12.1 Å². The van der Waals surface area contributed by atoms with Crippen LogP contribution >= 0.6 is 0 Å². The molecule has 0 bridgehead atoms. The summed E-state index contributed by atoms with van der Waals surface area (Å²) in [5.74, 6) is 0.401. The molecule has 1 fully saturated rings. The van der Waals surface area contributed by atoms with E-state index in [0.29, 0.717) is 11.5 Å². The number of amides is 1. The average molecular weight is 341 g/mol. The fourth-order valence-electron chi connectivity index (χ4n) is 2.62. The third-order valence-electron chi connectivity index (χ3n) is 4.00. The summed E-state index contributed by atoms with van der Waals surface area (Å²) in [7, 11) is 0. The van der Waals surface area contributed by atoms with Crippen molar-refractivity contribution in [2.45, 2.75) is 6.92 Å².